The monoisotopic (exact) mass is 152 g/mol. The van der Waals surface area contributed by atoms with E-state index in [1.54, 1.807) is 0 Å². The van der Waals surface area contributed by atoms with Gasteiger partial charge in [0.05, 0.1) is 0 Å². The fraction of sp³-hybridized carbons (Fsp3) is 0.400. The van der Waals surface area contributed by atoms with Crippen molar-refractivity contribution in [2.45, 2.75) is 11.8 Å². The van der Waals surface area contributed by atoms with E-state index < -0.39 is 4.84 Å². The van der Waals surface area contributed by atoms with Gasteiger partial charge in [-0.1, -0.05) is 0 Å². The minimum atomic E-state index is -0.570. The Bertz CT molecular complexity index is 107. The maximum absolute atomic E-state index is 10.1. The SMILES string of the molecule is CC(=O)/C=C/C(Cl)Cl. The van der Waals surface area contributed by atoms with Gasteiger partial charge in [-0.2, -0.15) is 0 Å². The summed E-state index contributed by atoms with van der Waals surface area (Å²) in [5.41, 5.74) is 0. The molecular formula is C5H6Cl2O. The van der Waals surface area contributed by atoms with E-state index in [1.807, 2.05) is 0 Å². The number of hydrogen-bond acceptors (Lipinski definition) is 1. The van der Waals surface area contributed by atoms with Crippen molar-refractivity contribution in [1.29, 1.82) is 0 Å². The second-order valence-electron chi connectivity index (χ2n) is 1.30. The molecule has 8 heavy (non-hydrogen) atoms. The molecule has 0 bridgehead atoms. The number of carbonyl (C=O) groups excluding carboxylic acids is 1. The average Bonchev–Trinajstić information content (AvgIpc) is 1.61. The van der Waals surface area contributed by atoms with Crippen LogP contribution in [0.1, 0.15) is 6.92 Å². The number of carbonyl (C=O) groups is 1. The molecule has 0 aliphatic rings. The molecule has 0 aromatic heterocycles. The Hall–Kier alpha value is -0.0100. The third kappa shape index (κ3) is 5.99. The van der Waals surface area contributed by atoms with Crippen molar-refractivity contribution >= 4 is 29.0 Å². The topological polar surface area (TPSA) is 17.1 Å². The fourth-order valence-corrected chi connectivity index (χ4v) is 0.354. The zero-order valence-corrected chi connectivity index (χ0v) is 5.91. The van der Waals surface area contributed by atoms with E-state index in [-0.39, 0.29) is 5.78 Å². The second kappa shape index (κ2) is 3.93. The van der Waals surface area contributed by atoms with E-state index in [9.17, 15) is 4.79 Å². The molecule has 3 heteroatoms. The highest BCUT2D eigenvalue weighted by molar-refractivity contribution is 6.45. The minimum Gasteiger partial charge on any atom is -0.295 e. The van der Waals surface area contributed by atoms with E-state index in [0.29, 0.717) is 0 Å². The summed E-state index contributed by atoms with van der Waals surface area (Å²) in [6.45, 7) is 1.44. The molecule has 0 unspecified atom stereocenters. The van der Waals surface area contributed by atoms with Crippen molar-refractivity contribution in [3.8, 4) is 0 Å². The van der Waals surface area contributed by atoms with Crippen LogP contribution in [0, 0.1) is 0 Å². The molecule has 0 amide bonds. The van der Waals surface area contributed by atoms with Gasteiger partial charge in [-0.05, 0) is 19.1 Å². The molecule has 0 N–H and O–H groups in total. The highest BCUT2D eigenvalue weighted by Crippen LogP contribution is 2.01. The van der Waals surface area contributed by atoms with Crippen molar-refractivity contribution < 1.29 is 4.79 Å². The summed E-state index contributed by atoms with van der Waals surface area (Å²) in [5, 5.41) is 0. The minimum absolute atomic E-state index is 0.0451. The van der Waals surface area contributed by atoms with Crippen LogP contribution >= 0.6 is 23.2 Å². The molecule has 0 rings (SSSR count). The lowest BCUT2D eigenvalue weighted by Gasteiger charge is -1.83. The molecule has 0 aromatic rings. The Morgan fingerprint density at radius 2 is 2.12 bits per heavy atom. The summed E-state index contributed by atoms with van der Waals surface area (Å²) >= 11 is 10.5. The number of halogens is 2. The Kier molecular flexibility index (Phi) is 3.92. The molecule has 0 saturated heterocycles. The van der Waals surface area contributed by atoms with Crippen LogP contribution in [0.15, 0.2) is 12.2 Å². The maximum atomic E-state index is 10.1. The highest BCUT2D eigenvalue weighted by Gasteiger charge is 1.88. The van der Waals surface area contributed by atoms with E-state index in [1.165, 1.54) is 19.1 Å². The van der Waals surface area contributed by atoms with Crippen LogP contribution in [-0.4, -0.2) is 10.6 Å². The molecule has 0 aromatic carbocycles. The quantitative estimate of drug-likeness (QED) is 0.437. The van der Waals surface area contributed by atoms with E-state index in [0.717, 1.165) is 0 Å². The lowest BCUT2D eigenvalue weighted by Crippen LogP contribution is -1.83. The third-order valence-electron chi connectivity index (χ3n) is 0.476. The first-order valence-electron chi connectivity index (χ1n) is 2.10. The Labute approximate surface area is 58.3 Å². The van der Waals surface area contributed by atoms with E-state index >= 15 is 0 Å². The fourth-order valence-electron chi connectivity index (χ4n) is 0.208. The van der Waals surface area contributed by atoms with Gasteiger partial charge in [0.15, 0.2) is 5.78 Å². The molecule has 0 fully saturated rings. The van der Waals surface area contributed by atoms with Gasteiger partial charge in [0.25, 0.3) is 0 Å². The molecule has 0 radical (unpaired) electrons. The van der Waals surface area contributed by atoms with Crippen molar-refractivity contribution in [2.75, 3.05) is 0 Å². The van der Waals surface area contributed by atoms with Crippen molar-refractivity contribution in [1.82, 2.24) is 0 Å². The molecule has 0 saturated carbocycles. The van der Waals surface area contributed by atoms with Crippen LogP contribution in [0.2, 0.25) is 0 Å². The van der Waals surface area contributed by atoms with Crippen LogP contribution in [0.5, 0.6) is 0 Å². The molecular weight excluding hydrogens is 147 g/mol. The van der Waals surface area contributed by atoms with Crippen molar-refractivity contribution in [3.05, 3.63) is 12.2 Å². The summed E-state index contributed by atoms with van der Waals surface area (Å²) in [4.78, 5) is 9.57. The molecule has 0 aliphatic carbocycles. The van der Waals surface area contributed by atoms with Gasteiger partial charge in [0, 0.05) is 0 Å². The number of ketones is 1. The lowest BCUT2D eigenvalue weighted by atomic mass is 10.4. The van der Waals surface area contributed by atoms with Gasteiger partial charge in [-0.3, -0.25) is 4.79 Å². The van der Waals surface area contributed by atoms with Crippen LogP contribution < -0.4 is 0 Å². The van der Waals surface area contributed by atoms with Gasteiger partial charge < -0.3 is 0 Å². The molecule has 46 valence electrons. The summed E-state index contributed by atoms with van der Waals surface area (Å²) in [5.74, 6) is -0.0451. The smallest absolute Gasteiger partial charge is 0.152 e. The Morgan fingerprint density at radius 3 is 2.25 bits per heavy atom. The van der Waals surface area contributed by atoms with Crippen LogP contribution in [0.4, 0.5) is 0 Å². The molecule has 0 aliphatic heterocycles. The number of rotatable bonds is 2. The Morgan fingerprint density at radius 1 is 1.62 bits per heavy atom. The van der Waals surface area contributed by atoms with Crippen molar-refractivity contribution in [3.63, 3.8) is 0 Å². The predicted molar refractivity (Wildman–Crippen MR) is 35.3 cm³/mol. The standard InChI is InChI=1S/C5H6Cl2O/c1-4(8)2-3-5(6)7/h2-3,5H,1H3/b3-2+. The highest BCUT2D eigenvalue weighted by atomic mass is 35.5. The average molecular weight is 153 g/mol. The van der Waals surface area contributed by atoms with Crippen LogP contribution in [0.3, 0.4) is 0 Å². The first-order valence-corrected chi connectivity index (χ1v) is 2.97. The van der Waals surface area contributed by atoms with Gasteiger partial charge >= 0.3 is 0 Å². The summed E-state index contributed by atoms with van der Waals surface area (Å²) in [6.07, 6.45) is 2.76. The predicted octanol–water partition coefficient (Wildman–Crippen LogP) is 1.94. The van der Waals surface area contributed by atoms with E-state index in [4.69, 9.17) is 23.2 Å². The zero-order valence-electron chi connectivity index (χ0n) is 4.40. The zero-order chi connectivity index (χ0) is 6.57. The lowest BCUT2D eigenvalue weighted by molar-refractivity contribution is -0.112. The molecule has 0 spiro atoms. The number of hydrogen-bond donors (Lipinski definition) is 0. The largest absolute Gasteiger partial charge is 0.295 e. The van der Waals surface area contributed by atoms with Gasteiger partial charge in [-0.15, -0.1) is 23.2 Å². The molecule has 1 nitrogen and oxygen atoms in total. The van der Waals surface area contributed by atoms with Crippen LogP contribution in [0.25, 0.3) is 0 Å². The Balaban J connectivity index is 3.50. The van der Waals surface area contributed by atoms with Gasteiger partial charge in [0.2, 0.25) is 0 Å². The second-order valence-corrected chi connectivity index (χ2v) is 2.47. The van der Waals surface area contributed by atoms with E-state index in [2.05, 4.69) is 0 Å². The first-order chi connectivity index (χ1) is 3.63. The van der Waals surface area contributed by atoms with Crippen LogP contribution in [-0.2, 0) is 4.79 Å². The first kappa shape index (κ1) is 7.99. The summed E-state index contributed by atoms with van der Waals surface area (Å²) < 4.78 is 0. The number of alkyl halides is 2. The third-order valence-corrected chi connectivity index (χ3v) is 0.767. The summed E-state index contributed by atoms with van der Waals surface area (Å²) in [7, 11) is 0. The molecule has 0 atom stereocenters. The maximum Gasteiger partial charge on any atom is 0.152 e. The van der Waals surface area contributed by atoms with Crippen molar-refractivity contribution in [2.24, 2.45) is 0 Å². The summed E-state index contributed by atoms with van der Waals surface area (Å²) in [6, 6.07) is 0. The number of allylic oxidation sites excluding steroid dienone is 2. The van der Waals surface area contributed by atoms with Gasteiger partial charge in [-0.25, -0.2) is 0 Å². The van der Waals surface area contributed by atoms with Gasteiger partial charge in [0.1, 0.15) is 4.84 Å². The normalized spacial score (nSPS) is 11.0. The molecule has 0 heterocycles.